The van der Waals surface area contributed by atoms with Gasteiger partial charge in [0.1, 0.15) is 11.8 Å². The molecule has 2 atom stereocenters. The third-order valence-corrected chi connectivity index (χ3v) is 3.21. The van der Waals surface area contributed by atoms with Gasteiger partial charge in [-0.05, 0) is 24.1 Å². The van der Waals surface area contributed by atoms with Gasteiger partial charge < -0.3 is 15.5 Å². The first kappa shape index (κ1) is 15.3. The number of hydrogen-bond donors (Lipinski definition) is 3. The Bertz CT molecular complexity index is 490. The van der Waals surface area contributed by atoms with Crippen molar-refractivity contribution in [2.75, 3.05) is 0 Å². The van der Waals surface area contributed by atoms with Gasteiger partial charge in [0.25, 0.3) is 5.91 Å². The van der Waals surface area contributed by atoms with E-state index in [1.807, 2.05) is 6.92 Å². The van der Waals surface area contributed by atoms with E-state index in [4.69, 9.17) is 16.7 Å². The van der Waals surface area contributed by atoms with Crippen LogP contribution in [0.2, 0.25) is 5.02 Å². The first-order chi connectivity index (χ1) is 8.86. The van der Waals surface area contributed by atoms with Crippen molar-refractivity contribution in [3.05, 3.63) is 28.8 Å². The minimum absolute atomic E-state index is 0.000969. The van der Waals surface area contributed by atoms with E-state index >= 15 is 0 Å². The zero-order chi connectivity index (χ0) is 14.6. The van der Waals surface area contributed by atoms with Crippen molar-refractivity contribution in [1.29, 1.82) is 0 Å². The summed E-state index contributed by atoms with van der Waals surface area (Å²) in [5.41, 5.74) is -0.000969. The van der Waals surface area contributed by atoms with Crippen molar-refractivity contribution in [1.82, 2.24) is 5.32 Å². The van der Waals surface area contributed by atoms with E-state index in [9.17, 15) is 14.7 Å². The topological polar surface area (TPSA) is 86.6 Å². The first-order valence-corrected chi connectivity index (χ1v) is 6.26. The number of carbonyl (C=O) groups excluding carboxylic acids is 1. The fourth-order valence-electron chi connectivity index (χ4n) is 1.60. The van der Waals surface area contributed by atoms with Gasteiger partial charge in [-0.25, -0.2) is 4.79 Å². The molecule has 0 aliphatic carbocycles. The van der Waals surface area contributed by atoms with Gasteiger partial charge in [-0.15, -0.1) is 0 Å². The van der Waals surface area contributed by atoms with Gasteiger partial charge >= 0.3 is 5.97 Å². The second kappa shape index (κ2) is 6.43. The molecule has 0 fully saturated rings. The number of halogens is 1. The molecule has 6 heteroatoms. The lowest BCUT2D eigenvalue weighted by Gasteiger charge is -2.20. The summed E-state index contributed by atoms with van der Waals surface area (Å²) in [5.74, 6) is -2.23. The summed E-state index contributed by atoms with van der Waals surface area (Å²) < 4.78 is 0. The molecule has 0 heterocycles. The van der Waals surface area contributed by atoms with Gasteiger partial charge in [0.05, 0.1) is 5.56 Å². The molecule has 0 aliphatic heterocycles. The zero-order valence-electron chi connectivity index (χ0n) is 10.7. The highest BCUT2D eigenvalue weighted by atomic mass is 35.5. The molecule has 0 bridgehead atoms. The molecule has 1 amide bonds. The maximum absolute atomic E-state index is 11.9. The van der Waals surface area contributed by atoms with E-state index in [2.05, 4.69) is 5.32 Å². The molecule has 1 aromatic carbocycles. The van der Waals surface area contributed by atoms with Gasteiger partial charge in [-0.2, -0.15) is 0 Å². The fraction of sp³-hybridized carbons (Fsp3) is 0.385. The highest BCUT2D eigenvalue weighted by Gasteiger charge is 2.26. The van der Waals surface area contributed by atoms with Crippen LogP contribution in [-0.2, 0) is 4.79 Å². The third kappa shape index (κ3) is 3.86. The quantitative estimate of drug-likeness (QED) is 0.774. The zero-order valence-corrected chi connectivity index (χ0v) is 11.4. The van der Waals surface area contributed by atoms with Crippen molar-refractivity contribution in [2.45, 2.75) is 26.3 Å². The Kier molecular flexibility index (Phi) is 5.18. The number of carboxylic acid groups (broad SMARTS) is 1. The summed E-state index contributed by atoms with van der Waals surface area (Å²) >= 11 is 5.66. The fourth-order valence-corrected chi connectivity index (χ4v) is 1.77. The number of nitrogens with one attached hydrogen (secondary N) is 1. The molecule has 1 aromatic rings. The molecular formula is C13H16ClNO4. The Hall–Kier alpha value is -1.75. The van der Waals surface area contributed by atoms with E-state index in [-0.39, 0.29) is 17.2 Å². The third-order valence-electron chi connectivity index (χ3n) is 2.97. The molecule has 19 heavy (non-hydrogen) atoms. The van der Waals surface area contributed by atoms with Crippen molar-refractivity contribution < 1.29 is 19.8 Å². The van der Waals surface area contributed by atoms with Crippen LogP contribution in [0.4, 0.5) is 0 Å². The molecule has 0 aliphatic rings. The molecule has 1 rings (SSSR count). The normalized spacial score (nSPS) is 13.6. The average Bonchev–Trinajstić information content (AvgIpc) is 2.34. The van der Waals surface area contributed by atoms with Crippen molar-refractivity contribution in [3.8, 4) is 5.75 Å². The number of carbonyl (C=O) groups is 2. The highest BCUT2D eigenvalue weighted by Crippen LogP contribution is 2.22. The number of hydrogen-bond acceptors (Lipinski definition) is 3. The minimum Gasteiger partial charge on any atom is -0.507 e. The van der Waals surface area contributed by atoms with Crippen molar-refractivity contribution >= 4 is 23.5 Å². The number of amides is 1. The molecule has 3 N–H and O–H groups in total. The average molecular weight is 286 g/mol. The van der Waals surface area contributed by atoms with Crippen LogP contribution >= 0.6 is 11.6 Å². The lowest BCUT2D eigenvalue weighted by Crippen LogP contribution is -2.45. The van der Waals surface area contributed by atoms with Gasteiger partial charge in [0, 0.05) is 5.02 Å². The summed E-state index contributed by atoms with van der Waals surface area (Å²) in [6.45, 7) is 3.58. The van der Waals surface area contributed by atoms with E-state index in [1.54, 1.807) is 6.92 Å². The van der Waals surface area contributed by atoms with Crippen LogP contribution in [0.15, 0.2) is 18.2 Å². The monoisotopic (exact) mass is 285 g/mol. The predicted molar refractivity (Wildman–Crippen MR) is 71.5 cm³/mol. The van der Waals surface area contributed by atoms with Crippen LogP contribution in [0.1, 0.15) is 30.6 Å². The molecule has 0 radical (unpaired) electrons. The van der Waals surface area contributed by atoms with Gasteiger partial charge in [0.2, 0.25) is 0 Å². The SMILES string of the molecule is CC[C@H](C)[C@H](NC(=O)c1ccc(Cl)cc1O)C(=O)O. The number of benzene rings is 1. The van der Waals surface area contributed by atoms with Gasteiger partial charge in [-0.3, -0.25) is 4.79 Å². The van der Waals surface area contributed by atoms with Crippen LogP contribution in [0.3, 0.4) is 0 Å². The lowest BCUT2D eigenvalue weighted by molar-refractivity contribution is -0.140. The number of aliphatic carboxylic acids is 1. The molecule has 5 nitrogen and oxygen atoms in total. The number of phenols is 1. The number of aromatic hydroxyl groups is 1. The predicted octanol–water partition coefficient (Wildman–Crippen LogP) is 2.27. The van der Waals surface area contributed by atoms with Crippen molar-refractivity contribution in [2.24, 2.45) is 5.92 Å². The van der Waals surface area contributed by atoms with E-state index in [0.717, 1.165) is 0 Å². The Balaban J connectivity index is 2.91. The van der Waals surface area contributed by atoms with Gasteiger partial charge in [0.15, 0.2) is 0 Å². The number of phenolic OH excluding ortho intramolecular Hbond substituents is 1. The molecule has 0 saturated carbocycles. The van der Waals surface area contributed by atoms with Crippen LogP contribution in [-0.4, -0.2) is 28.1 Å². The highest BCUT2D eigenvalue weighted by molar-refractivity contribution is 6.30. The van der Waals surface area contributed by atoms with Crippen LogP contribution in [0.5, 0.6) is 5.75 Å². The molecule has 0 saturated heterocycles. The number of carboxylic acids is 1. The second-order valence-corrected chi connectivity index (χ2v) is 4.77. The van der Waals surface area contributed by atoms with E-state index in [0.29, 0.717) is 11.4 Å². The lowest BCUT2D eigenvalue weighted by atomic mass is 9.99. The Labute approximate surface area is 116 Å². The Morgan fingerprint density at radius 3 is 2.53 bits per heavy atom. The summed E-state index contributed by atoms with van der Waals surface area (Å²) in [4.78, 5) is 23.0. The molecule has 0 unspecified atom stereocenters. The van der Waals surface area contributed by atoms with Gasteiger partial charge in [-0.1, -0.05) is 31.9 Å². The molecule has 0 aromatic heterocycles. The molecular weight excluding hydrogens is 270 g/mol. The molecule has 0 spiro atoms. The minimum atomic E-state index is -1.10. The summed E-state index contributed by atoms with van der Waals surface area (Å²) in [6, 6.07) is 3.04. The summed E-state index contributed by atoms with van der Waals surface area (Å²) in [5, 5.41) is 21.4. The van der Waals surface area contributed by atoms with E-state index < -0.39 is 17.9 Å². The van der Waals surface area contributed by atoms with Crippen LogP contribution in [0.25, 0.3) is 0 Å². The summed E-state index contributed by atoms with van der Waals surface area (Å²) in [6.07, 6.45) is 0.615. The maximum atomic E-state index is 11.9. The van der Waals surface area contributed by atoms with Crippen molar-refractivity contribution in [3.63, 3.8) is 0 Å². The smallest absolute Gasteiger partial charge is 0.326 e. The first-order valence-electron chi connectivity index (χ1n) is 5.89. The Morgan fingerprint density at radius 1 is 1.42 bits per heavy atom. The number of rotatable bonds is 5. The maximum Gasteiger partial charge on any atom is 0.326 e. The summed E-state index contributed by atoms with van der Waals surface area (Å²) in [7, 11) is 0. The second-order valence-electron chi connectivity index (χ2n) is 4.34. The van der Waals surface area contributed by atoms with E-state index in [1.165, 1.54) is 18.2 Å². The Morgan fingerprint density at radius 2 is 2.05 bits per heavy atom. The largest absolute Gasteiger partial charge is 0.507 e. The van der Waals surface area contributed by atoms with Crippen LogP contribution < -0.4 is 5.32 Å². The van der Waals surface area contributed by atoms with Crippen LogP contribution in [0, 0.1) is 5.92 Å². The standard InChI is InChI=1S/C13H16ClNO4/c1-3-7(2)11(13(18)19)15-12(17)9-5-4-8(14)6-10(9)16/h4-7,11,16H,3H2,1-2H3,(H,15,17)(H,18,19)/t7-,11-/m0/s1. The molecule has 104 valence electrons.